The van der Waals surface area contributed by atoms with Crippen LogP contribution in [0.15, 0.2) is 60.7 Å². The molecule has 0 aromatic heterocycles. The van der Waals surface area contributed by atoms with Crippen LogP contribution in [0.5, 0.6) is 0 Å². The van der Waals surface area contributed by atoms with Crippen LogP contribution in [0, 0.1) is 0 Å². The average Bonchev–Trinajstić information content (AvgIpc) is 2.99. The molecule has 3 atom stereocenters. The molecule has 0 bridgehead atoms. The second-order valence-corrected chi connectivity index (χ2v) is 7.42. The van der Waals surface area contributed by atoms with Crippen molar-refractivity contribution in [1.82, 2.24) is 9.80 Å². The van der Waals surface area contributed by atoms with Gasteiger partial charge in [0.25, 0.3) is 0 Å². The van der Waals surface area contributed by atoms with Gasteiger partial charge in [-0.05, 0) is 12.5 Å². The second kappa shape index (κ2) is 6.83. The van der Waals surface area contributed by atoms with Gasteiger partial charge < -0.3 is 14.5 Å². The minimum atomic E-state index is -0.148. The highest BCUT2D eigenvalue weighted by atomic mass is 32.1. The Morgan fingerprint density at radius 2 is 1.64 bits per heavy atom. The SMILES string of the molecule is C[C@H]1O[C@H](c2ccccc2)N2C(=S)CN(Cc3ccccc3)C(=S)[C@H]12. The zero-order chi connectivity index (χ0) is 17.4. The molecule has 2 aliphatic rings. The number of nitrogens with zero attached hydrogens (tertiary/aromatic N) is 2. The lowest BCUT2D eigenvalue weighted by Crippen LogP contribution is -2.58. The number of fused-ring (bicyclic) bond motifs is 1. The zero-order valence-electron chi connectivity index (χ0n) is 14.0. The molecule has 0 aliphatic carbocycles. The first-order valence-corrected chi connectivity index (χ1v) is 9.31. The lowest BCUT2D eigenvalue weighted by Gasteiger charge is -2.42. The summed E-state index contributed by atoms with van der Waals surface area (Å²) in [5.74, 6) is 0. The van der Waals surface area contributed by atoms with E-state index in [4.69, 9.17) is 29.2 Å². The van der Waals surface area contributed by atoms with Crippen LogP contribution in [0.3, 0.4) is 0 Å². The highest BCUT2D eigenvalue weighted by molar-refractivity contribution is 7.81. The summed E-state index contributed by atoms with van der Waals surface area (Å²) in [7, 11) is 0. The van der Waals surface area contributed by atoms with Crippen molar-refractivity contribution in [3.8, 4) is 0 Å². The Kier molecular flexibility index (Phi) is 4.54. The third kappa shape index (κ3) is 3.08. The standard InChI is InChI=1S/C20H20N2OS2/c1-14-18-20(25)21(12-15-8-4-2-5-9-15)13-17(24)22(18)19(23-14)16-10-6-3-7-11-16/h2-11,14,18-19H,12-13H2,1H3/t14-,18+,19-/m1/s1. The van der Waals surface area contributed by atoms with E-state index >= 15 is 0 Å². The fourth-order valence-corrected chi connectivity index (χ4v) is 4.42. The van der Waals surface area contributed by atoms with Gasteiger partial charge in [0.15, 0.2) is 6.23 Å². The maximum absolute atomic E-state index is 6.26. The van der Waals surface area contributed by atoms with Crippen molar-refractivity contribution >= 4 is 34.4 Å². The summed E-state index contributed by atoms with van der Waals surface area (Å²) in [6, 6.07) is 20.7. The van der Waals surface area contributed by atoms with Gasteiger partial charge in [-0.2, -0.15) is 0 Å². The monoisotopic (exact) mass is 368 g/mol. The van der Waals surface area contributed by atoms with Gasteiger partial charge in [-0.15, -0.1) is 0 Å². The normalized spacial score (nSPS) is 26.0. The van der Waals surface area contributed by atoms with Gasteiger partial charge in [0, 0.05) is 12.1 Å². The Balaban J connectivity index is 1.60. The molecule has 5 heteroatoms. The van der Waals surface area contributed by atoms with Crippen molar-refractivity contribution < 1.29 is 4.74 Å². The Labute approximate surface area is 159 Å². The molecule has 2 saturated heterocycles. The molecule has 4 rings (SSSR count). The van der Waals surface area contributed by atoms with Crippen LogP contribution in [-0.2, 0) is 11.3 Å². The van der Waals surface area contributed by atoms with Gasteiger partial charge in [-0.25, -0.2) is 0 Å². The molecule has 0 saturated carbocycles. The number of piperazine rings is 1. The minimum Gasteiger partial charge on any atom is -0.353 e. The Bertz CT molecular complexity index is 781. The van der Waals surface area contributed by atoms with Crippen LogP contribution in [-0.4, -0.2) is 38.5 Å². The lowest BCUT2D eigenvalue weighted by atomic mass is 10.1. The van der Waals surface area contributed by atoms with Gasteiger partial charge >= 0.3 is 0 Å². The van der Waals surface area contributed by atoms with Crippen LogP contribution in [0.25, 0.3) is 0 Å². The van der Waals surface area contributed by atoms with Crippen molar-refractivity contribution in [2.45, 2.75) is 31.8 Å². The maximum atomic E-state index is 6.26. The van der Waals surface area contributed by atoms with E-state index in [-0.39, 0.29) is 18.4 Å². The summed E-state index contributed by atoms with van der Waals surface area (Å²) in [6.07, 6.45) is -0.139. The van der Waals surface area contributed by atoms with E-state index in [1.165, 1.54) is 5.56 Å². The molecule has 2 aromatic carbocycles. The summed E-state index contributed by atoms with van der Waals surface area (Å²) in [6.45, 7) is 3.54. The van der Waals surface area contributed by atoms with E-state index < -0.39 is 0 Å². The minimum absolute atomic E-state index is 0.00855. The van der Waals surface area contributed by atoms with Crippen LogP contribution < -0.4 is 0 Å². The van der Waals surface area contributed by atoms with Crippen LogP contribution >= 0.6 is 24.4 Å². The van der Waals surface area contributed by atoms with E-state index in [0.29, 0.717) is 6.54 Å². The number of hydrogen-bond donors (Lipinski definition) is 0. The molecule has 128 valence electrons. The summed E-state index contributed by atoms with van der Waals surface area (Å²) in [5, 5.41) is 0. The fraction of sp³-hybridized carbons (Fsp3) is 0.300. The van der Waals surface area contributed by atoms with E-state index in [0.717, 1.165) is 22.1 Å². The van der Waals surface area contributed by atoms with Crippen molar-refractivity contribution in [1.29, 1.82) is 0 Å². The van der Waals surface area contributed by atoms with Gasteiger partial charge in [0.1, 0.15) is 16.0 Å². The van der Waals surface area contributed by atoms with Crippen molar-refractivity contribution in [2.24, 2.45) is 0 Å². The molecule has 0 radical (unpaired) electrons. The van der Waals surface area contributed by atoms with Crippen molar-refractivity contribution in [3.63, 3.8) is 0 Å². The molecule has 25 heavy (non-hydrogen) atoms. The Morgan fingerprint density at radius 3 is 2.32 bits per heavy atom. The molecule has 0 N–H and O–H groups in total. The average molecular weight is 369 g/mol. The van der Waals surface area contributed by atoms with Crippen LogP contribution in [0.1, 0.15) is 24.3 Å². The predicted molar refractivity (Wildman–Crippen MR) is 107 cm³/mol. The number of rotatable bonds is 3. The third-order valence-electron chi connectivity index (χ3n) is 4.82. The highest BCUT2D eigenvalue weighted by Crippen LogP contribution is 2.38. The predicted octanol–water partition coefficient (Wildman–Crippen LogP) is 3.95. The number of benzene rings is 2. The van der Waals surface area contributed by atoms with E-state index in [1.807, 2.05) is 24.3 Å². The number of hydrogen-bond acceptors (Lipinski definition) is 3. The molecule has 2 fully saturated rings. The van der Waals surface area contributed by atoms with Gasteiger partial charge in [-0.3, -0.25) is 0 Å². The second-order valence-electron chi connectivity index (χ2n) is 6.53. The maximum Gasteiger partial charge on any atom is 0.158 e. The first-order valence-electron chi connectivity index (χ1n) is 8.49. The van der Waals surface area contributed by atoms with E-state index in [2.05, 4.69) is 53.1 Å². The summed E-state index contributed by atoms with van der Waals surface area (Å²) < 4.78 is 6.26. The molecule has 3 nitrogen and oxygen atoms in total. The Morgan fingerprint density at radius 1 is 1.00 bits per heavy atom. The molecular formula is C20H20N2OS2. The largest absolute Gasteiger partial charge is 0.353 e. The van der Waals surface area contributed by atoms with E-state index in [1.54, 1.807) is 0 Å². The number of thiocarbonyl (C=S) groups is 2. The lowest BCUT2D eigenvalue weighted by molar-refractivity contribution is 0.0255. The molecule has 0 spiro atoms. The first-order chi connectivity index (χ1) is 12.1. The molecule has 0 unspecified atom stereocenters. The topological polar surface area (TPSA) is 15.7 Å². The summed E-state index contributed by atoms with van der Waals surface area (Å²) >= 11 is 11.6. The van der Waals surface area contributed by atoms with E-state index in [9.17, 15) is 0 Å². The van der Waals surface area contributed by atoms with Gasteiger partial charge in [0.2, 0.25) is 0 Å². The van der Waals surface area contributed by atoms with Gasteiger partial charge in [-0.1, -0.05) is 85.1 Å². The van der Waals surface area contributed by atoms with Crippen molar-refractivity contribution in [2.75, 3.05) is 6.54 Å². The first kappa shape index (κ1) is 16.6. The number of ether oxygens (including phenoxy) is 1. The highest BCUT2D eigenvalue weighted by Gasteiger charge is 2.48. The van der Waals surface area contributed by atoms with Crippen LogP contribution in [0.4, 0.5) is 0 Å². The van der Waals surface area contributed by atoms with Crippen molar-refractivity contribution in [3.05, 3.63) is 71.8 Å². The van der Waals surface area contributed by atoms with Crippen LogP contribution in [0.2, 0.25) is 0 Å². The fourth-order valence-electron chi connectivity index (χ4n) is 3.63. The zero-order valence-corrected chi connectivity index (χ0v) is 15.7. The quantitative estimate of drug-likeness (QED) is 0.760. The van der Waals surface area contributed by atoms with Gasteiger partial charge in [0.05, 0.1) is 12.6 Å². The molecule has 2 heterocycles. The Hall–Kier alpha value is -1.82. The smallest absolute Gasteiger partial charge is 0.158 e. The molecule has 0 amide bonds. The molecular weight excluding hydrogens is 348 g/mol. The summed E-state index contributed by atoms with van der Waals surface area (Å²) in [5.41, 5.74) is 2.37. The molecule has 2 aromatic rings. The summed E-state index contributed by atoms with van der Waals surface area (Å²) in [4.78, 5) is 6.22. The molecule has 2 aliphatic heterocycles. The third-order valence-corrected chi connectivity index (χ3v) is 5.66.